The summed E-state index contributed by atoms with van der Waals surface area (Å²) in [5, 5.41) is 3.77. The lowest BCUT2D eigenvalue weighted by atomic mass is 9.85. The summed E-state index contributed by atoms with van der Waals surface area (Å²) in [6, 6.07) is 1.46. The van der Waals surface area contributed by atoms with Crippen molar-refractivity contribution in [1.82, 2.24) is 5.32 Å². The van der Waals surface area contributed by atoms with Crippen LogP contribution >= 0.6 is 0 Å². The van der Waals surface area contributed by atoms with E-state index < -0.39 is 0 Å². The van der Waals surface area contributed by atoms with Gasteiger partial charge in [0.15, 0.2) is 0 Å². The first-order valence-corrected chi connectivity index (χ1v) is 5.87. The molecule has 0 amide bonds. The molecule has 3 unspecified atom stereocenters. The molecule has 1 nitrogen and oxygen atoms in total. The Bertz CT molecular complexity index is 142. The van der Waals surface area contributed by atoms with Gasteiger partial charge < -0.3 is 5.32 Å². The molecule has 0 aromatic carbocycles. The topological polar surface area (TPSA) is 12.0 Å². The molecular weight excluding hydrogens is 158 g/mol. The van der Waals surface area contributed by atoms with E-state index in [1.165, 1.54) is 25.7 Å². The van der Waals surface area contributed by atoms with Crippen molar-refractivity contribution in [2.24, 2.45) is 11.8 Å². The molecule has 0 radical (unpaired) electrons. The molecule has 1 aliphatic rings. The van der Waals surface area contributed by atoms with Crippen LogP contribution in [0.2, 0.25) is 0 Å². The van der Waals surface area contributed by atoms with Gasteiger partial charge in [0.05, 0.1) is 0 Å². The molecule has 13 heavy (non-hydrogen) atoms. The van der Waals surface area contributed by atoms with Crippen molar-refractivity contribution in [3.05, 3.63) is 0 Å². The average Bonchev–Trinajstić information content (AvgIpc) is 2.08. The van der Waals surface area contributed by atoms with Crippen LogP contribution in [0.3, 0.4) is 0 Å². The summed E-state index contributed by atoms with van der Waals surface area (Å²) in [6.07, 6.45) is 5.67. The third-order valence-corrected chi connectivity index (χ3v) is 3.59. The average molecular weight is 183 g/mol. The molecule has 1 N–H and O–H groups in total. The molecule has 0 heterocycles. The molecule has 0 spiro atoms. The molecule has 1 fully saturated rings. The van der Waals surface area contributed by atoms with Crippen molar-refractivity contribution in [1.29, 1.82) is 0 Å². The number of nitrogens with one attached hydrogen (secondary N) is 1. The second kappa shape index (κ2) is 4.99. The largest absolute Gasteiger partial charge is 0.311 e. The Balaban J connectivity index is 2.33. The van der Waals surface area contributed by atoms with Crippen molar-refractivity contribution in [2.45, 2.75) is 65.5 Å². The summed E-state index contributed by atoms with van der Waals surface area (Å²) in [5.74, 6) is 1.64. The fourth-order valence-electron chi connectivity index (χ4n) is 2.09. The highest BCUT2D eigenvalue weighted by Gasteiger charge is 2.22. The summed E-state index contributed by atoms with van der Waals surface area (Å²) in [4.78, 5) is 0. The van der Waals surface area contributed by atoms with Crippen LogP contribution in [0.15, 0.2) is 0 Å². The maximum Gasteiger partial charge on any atom is 0.00952 e. The Morgan fingerprint density at radius 2 is 1.69 bits per heavy atom. The molecule has 0 aromatic heterocycles. The first-order chi connectivity index (χ1) is 6.11. The molecule has 3 atom stereocenters. The van der Waals surface area contributed by atoms with Gasteiger partial charge in [-0.3, -0.25) is 0 Å². The summed E-state index contributed by atoms with van der Waals surface area (Å²) in [5.41, 5.74) is 0. The van der Waals surface area contributed by atoms with E-state index >= 15 is 0 Å². The van der Waals surface area contributed by atoms with E-state index in [1.807, 2.05) is 0 Å². The van der Waals surface area contributed by atoms with Crippen LogP contribution in [0.5, 0.6) is 0 Å². The minimum atomic E-state index is 0.672. The number of hydrogen-bond donors (Lipinski definition) is 1. The van der Waals surface area contributed by atoms with Gasteiger partial charge in [-0.05, 0) is 31.6 Å². The predicted molar refractivity (Wildman–Crippen MR) is 58.9 cm³/mol. The minimum Gasteiger partial charge on any atom is -0.311 e. The summed E-state index contributed by atoms with van der Waals surface area (Å²) >= 11 is 0. The van der Waals surface area contributed by atoms with E-state index in [0.717, 1.165) is 17.9 Å². The Kier molecular flexibility index (Phi) is 4.24. The summed E-state index contributed by atoms with van der Waals surface area (Å²) in [6.45, 7) is 9.30. The van der Waals surface area contributed by atoms with E-state index in [1.54, 1.807) is 0 Å². The monoisotopic (exact) mass is 183 g/mol. The maximum absolute atomic E-state index is 3.77. The van der Waals surface area contributed by atoms with E-state index in [2.05, 4.69) is 33.0 Å². The highest BCUT2D eigenvalue weighted by atomic mass is 15.0. The van der Waals surface area contributed by atoms with Crippen molar-refractivity contribution in [3.8, 4) is 0 Å². The smallest absolute Gasteiger partial charge is 0.00952 e. The highest BCUT2D eigenvalue weighted by Crippen LogP contribution is 2.24. The molecule has 0 aromatic rings. The summed E-state index contributed by atoms with van der Waals surface area (Å²) < 4.78 is 0. The fourth-order valence-corrected chi connectivity index (χ4v) is 2.09. The first kappa shape index (κ1) is 11.0. The highest BCUT2D eigenvalue weighted by molar-refractivity contribution is 4.81. The molecule has 1 rings (SSSR count). The minimum absolute atomic E-state index is 0.672. The van der Waals surface area contributed by atoms with Crippen LogP contribution in [0.1, 0.15) is 53.4 Å². The second-order valence-corrected chi connectivity index (χ2v) is 5.07. The Labute approximate surface area is 83.3 Å². The van der Waals surface area contributed by atoms with Crippen molar-refractivity contribution in [3.63, 3.8) is 0 Å². The van der Waals surface area contributed by atoms with Crippen LogP contribution in [-0.4, -0.2) is 12.1 Å². The Hall–Kier alpha value is -0.0400. The molecule has 1 heteroatoms. The molecule has 0 saturated heterocycles. The molecule has 1 saturated carbocycles. The Morgan fingerprint density at radius 3 is 2.23 bits per heavy atom. The van der Waals surface area contributed by atoms with Gasteiger partial charge in [-0.1, -0.05) is 33.6 Å². The molecule has 1 aliphatic carbocycles. The van der Waals surface area contributed by atoms with Gasteiger partial charge >= 0.3 is 0 Å². The zero-order valence-electron chi connectivity index (χ0n) is 9.64. The van der Waals surface area contributed by atoms with Crippen LogP contribution in [-0.2, 0) is 0 Å². The van der Waals surface area contributed by atoms with Gasteiger partial charge in [-0.25, -0.2) is 0 Å². The second-order valence-electron chi connectivity index (χ2n) is 5.07. The van der Waals surface area contributed by atoms with Gasteiger partial charge in [-0.15, -0.1) is 0 Å². The molecule has 0 aliphatic heterocycles. The van der Waals surface area contributed by atoms with Gasteiger partial charge in [0.2, 0.25) is 0 Å². The van der Waals surface area contributed by atoms with Crippen molar-refractivity contribution < 1.29 is 0 Å². The predicted octanol–water partition coefficient (Wildman–Crippen LogP) is 3.20. The standard InChI is InChI=1S/C12H25N/c1-9(2)11(4)13-12-8-6-5-7-10(12)3/h9-13H,5-8H2,1-4H3. The zero-order chi connectivity index (χ0) is 9.84. The lowest BCUT2D eigenvalue weighted by Crippen LogP contribution is -2.44. The van der Waals surface area contributed by atoms with E-state index in [4.69, 9.17) is 0 Å². The van der Waals surface area contributed by atoms with E-state index in [-0.39, 0.29) is 0 Å². The lowest BCUT2D eigenvalue weighted by molar-refractivity contribution is 0.244. The molecule has 78 valence electrons. The Morgan fingerprint density at radius 1 is 1.08 bits per heavy atom. The van der Waals surface area contributed by atoms with Crippen molar-refractivity contribution >= 4 is 0 Å². The van der Waals surface area contributed by atoms with Crippen LogP contribution in [0.25, 0.3) is 0 Å². The molecule has 0 bridgehead atoms. The SMILES string of the molecule is CC(C)C(C)NC1CCCCC1C. The number of hydrogen-bond acceptors (Lipinski definition) is 1. The fraction of sp³-hybridized carbons (Fsp3) is 1.00. The molecular formula is C12H25N. The van der Waals surface area contributed by atoms with Gasteiger partial charge in [0.1, 0.15) is 0 Å². The number of rotatable bonds is 3. The zero-order valence-corrected chi connectivity index (χ0v) is 9.64. The maximum atomic E-state index is 3.77. The third kappa shape index (κ3) is 3.30. The normalized spacial score (nSPS) is 32.1. The summed E-state index contributed by atoms with van der Waals surface area (Å²) in [7, 11) is 0. The van der Waals surface area contributed by atoms with E-state index in [9.17, 15) is 0 Å². The van der Waals surface area contributed by atoms with Gasteiger partial charge in [-0.2, -0.15) is 0 Å². The van der Waals surface area contributed by atoms with E-state index in [0.29, 0.717) is 6.04 Å². The van der Waals surface area contributed by atoms with Crippen LogP contribution < -0.4 is 5.32 Å². The van der Waals surface area contributed by atoms with Crippen LogP contribution in [0, 0.1) is 11.8 Å². The van der Waals surface area contributed by atoms with Gasteiger partial charge in [0, 0.05) is 12.1 Å². The lowest BCUT2D eigenvalue weighted by Gasteiger charge is -2.33. The van der Waals surface area contributed by atoms with Crippen molar-refractivity contribution in [2.75, 3.05) is 0 Å². The first-order valence-electron chi connectivity index (χ1n) is 5.87. The van der Waals surface area contributed by atoms with Gasteiger partial charge in [0.25, 0.3) is 0 Å². The quantitative estimate of drug-likeness (QED) is 0.708. The third-order valence-electron chi connectivity index (χ3n) is 3.59. The van der Waals surface area contributed by atoms with Crippen LogP contribution in [0.4, 0.5) is 0 Å².